The first-order chi connectivity index (χ1) is 14.5. The molecule has 3 heterocycles. The van der Waals surface area contributed by atoms with Crippen molar-refractivity contribution in [3.8, 4) is 22.6 Å². The number of aromatic amines is 1. The lowest BCUT2D eigenvalue weighted by atomic mass is 10.1. The van der Waals surface area contributed by atoms with Gasteiger partial charge in [-0.15, -0.1) is 0 Å². The first-order valence-corrected chi connectivity index (χ1v) is 10.8. The molecule has 7 nitrogen and oxygen atoms in total. The molecule has 0 saturated carbocycles. The smallest absolute Gasteiger partial charge is 0.296 e. The molecule has 0 atom stereocenters. The van der Waals surface area contributed by atoms with Crippen molar-refractivity contribution in [2.75, 3.05) is 31.2 Å². The fourth-order valence-corrected chi connectivity index (χ4v) is 4.32. The Morgan fingerprint density at radius 2 is 1.73 bits per heavy atom. The minimum atomic E-state index is -0.0373. The maximum absolute atomic E-state index is 13.4. The number of H-pyrrole nitrogens is 1. The third-order valence-corrected chi connectivity index (χ3v) is 5.62. The minimum absolute atomic E-state index is 0.0373. The van der Waals surface area contributed by atoms with Crippen molar-refractivity contribution < 1.29 is 9.47 Å². The number of anilines is 1. The molecule has 1 fully saturated rings. The molecule has 160 valence electrons. The molecule has 1 N–H and O–H groups in total. The average Bonchev–Trinajstić information content (AvgIpc) is 3.06. The van der Waals surface area contributed by atoms with E-state index in [1.807, 2.05) is 45.9 Å². The summed E-state index contributed by atoms with van der Waals surface area (Å²) in [6.45, 7) is 10.7. The fraction of sp³-hybridized carbons (Fsp3) is 0.478. The fourth-order valence-electron chi connectivity index (χ4n) is 4.32. The molecule has 0 bridgehead atoms. The number of hydrogen-bond acceptors (Lipinski definition) is 5. The van der Waals surface area contributed by atoms with Gasteiger partial charge in [0.15, 0.2) is 17.1 Å². The van der Waals surface area contributed by atoms with Crippen LogP contribution in [0.4, 0.5) is 5.69 Å². The molecule has 0 unspecified atom stereocenters. The van der Waals surface area contributed by atoms with Crippen molar-refractivity contribution >= 4 is 11.3 Å². The van der Waals surface area contributed by atoms with Gasteiger partial charge >= 0.3 is 0 Å². The van der Waals surface area contributed by atoms with Crippen molar-refractivity contribution in [3.63, 3.8) is 0 Å². The minimum Gasteiger partial charge on any atom is -0.490 e. The zero-order valence-corrected chi connectivity index (χ0v) is 18.2. The molecule has 3 aromatic rings. The van der Waals surface area contributed by atoms with E-state index in [9.17, 15) is 4.79 Å². The predicted octanol–water partition coefficient (Wildman–Crippen LogP) is 4.09. The van der Waals surface area contributed by atoms with Gasteiger partial charge in [-0.2, -0.15) is 4.52 Å². The normalized spacial score (nSPS) is 14.3. The topological polar surface area (TPSA) is 71.9 Å². The largest absolute Gasteiger partial charge is 0.490 e. The molecule has 0 amide bonds. The number of hydrogen-bond donors (Lipinski definition) is 1. The van der Waals surface area contributed by atoms with Gasteiger partial charge in [0.25, 0.3) is 5.56 Å². The van der Waals surface area contributed by atoms with Crippen molar-refractivity contribution in [2.45, 2.75) is 47.0 Å². The molecular formula is C23H30N4O3. The quantitative estimate of drug-likeness (QED) is 0.663. The summed E-state index contributed by atoms with van der Waals surface area (Å²) in [5.74, 6) is 1.41. The zero-order chi connectivity index (χ0) is 21.3. The summed E-state index contributed by atoms with van der Waals surface area (Å²) >= 11 is 0. The predicted molar refractivity (Wildman–Crippen MR) is 119 cm³/mol. The average molecular weight is 411 g/mol. The van der Waals surface area contributed by atoms with E-state index in [-0.39, 0.29) is 5.56 Å². The monoisotopic (exact) mass is 410 g/mol. The number of nitrogens with zero attached hydrogens (tertiary/aromatic N) is 3. The molecule has 7 heteroatoms. The number of fused-ring (bicyclic) bond motifs is 1. The van der Waals surface area contributed by atoms with Crippen LogP contribution in [0.5, 0.6) is 11.5 Å². The summed E-state index contributed by atoms with van der Waals surface area (Å²) in [5, 5.41) is 3.23. The van der Waals surface area contributed by atoms with Gasteiger partial charge < -0.3 is 14.4 Å². The van der Waals surface area contributed by atoms with Crippen LogP contribution in [0.3, 0.4) is 0 Å². The van der Waals surface area contributed by atoms with E-state index in [1.54, 1.807) is 4.52 Å². The Balaban J connectivity index is 1.85. The molecule has 0 radical (unpaired) electrons. The second-order valence-electron chi connectivity index (χ2n) is 7.70. The van der Waals surface area contributed by atoms with E-state index in [0.29, 0.717) is 36.0 Å². The van der Waals surface area contributed by atoms with Crippen LogP contribution in [0, 0.1) is 13.8 Å². The van der Waals surface area contributed by atoms with Crippen LogP contribution in [0.25, 0.3) is 16.8 Å². The van der Waals surface area contributed by atoms with E-state index >= 15 is 0 Å². The van der Waals surface area contributed by atoms with Gasteiger partial charge in [-0.05, 0) is 64.7 Å². The van der Waals surface area contributed by atoms with Gasteiger partial charge in [0.05, 0.1) is 18.9 Å². The molecule has 30 heavy (non-hydrogen) atoms. The molecule has 4 rings (SSSR count). The summed E-state index contributed by atoms with van der Waals surface area (Å²) in [4.78, 5) is 20.4. The number of benzene rings is 1. The van der Waals surface area contributed by atoms with Crippen LogP contribution >= 0.6 is 0 Å². The molecule has 0 spiro atoms. The highest BCUT2D eigenvalue weighted by atomic mass is 16.5. The molecule has 1 aromatic carbocycles. The lowest BCUT2D eigenvalue weighted by Crippen LogP contribution is -2.36. The first-order valence-electron chi connectivity index (χ1n) is 10.8. The number of rotatable bonds is 6. The third-order valence-electron chi connectivity index (χ3n) is 5.62. The molecule has 0 aliphatic carbocycles. The second-order valence-corrected chi connectivity index (χ2v) is 7.70. The molecule has 1 aliphatic heterocycles. The second kappa shape index (κ2) is 8.42. The number of aryl methyl sites for hydroxylation is 2. The van der Waals surface area contributed by atoms with Crippen LogP contribution in [0.15, 0.2) is 23.0 Å². The van der Waals surface area contributed by atoms with E-state index in [4.69, 9.17) is 14.5 Å². The Morgan fingerprint density at radius 3 is 2.43 bits per heavy atom. The number of nitrogens with one attached hydrogen (secondary N) is 1. The lowest BCUT2D eigenvalue weighted by Gasteiger charge is -2.28. The number of aromatic nitrogens is 3. The van der Waals surface area contributed by atoms with Crippen LogP contribution in [0.1, 0.15) is 44.5 Å². The van der Waals surface area contributed by atoms with E-state index in [1.165, 1.54) is 6.42 Å². The van der Waals surface area contributed by atoms with Crippen LogP contribution < -0.4 is 19.9 Å². The maximum atomic E-state index is 13.4. The summed E-state index contributed by atoms with van der Waals surface area (Å²) < 4.78 is 13.1. The maximum Gasteiger partial charge on any atom is 0.296 e. The van der Waals surface area contributed by atoms with Gasteiger partial charge in [-0.25, -0.2) is 4.98 Å². The van der Waals surface area contributed by atoms with Crippen LogP contribution in [0.2, 0.25) is 0 Å². The van der Waals surface area contributed by atoms with E-state index in [0.717, 1.165) is 48.4 Å². The zero-order valence-electron chi connectivity index (χ0n) is 18.2. The van der Waals surface area contributed by atoms with Crippen molar-refractivity contribution in [2.24, 2.45) is 0 Å². The Morgan fingerprint density at radius 1 is 1.03 bits per heavy atom. The van der Waals surface area contributed by atoms with E-state index < -0.39 is 0 Å². The Labute approximate surface area is 176 Å². The van der Waals surface area contributed by atoms with Crippen LogP contribution in [-0.2, 0) is 0 Å². The summed E-state index contributed by atoms with van der Waals surface area (Å²) in [7, 11) is 0. The summed E-state index contributed by atoms with van der Waals surface area (Å²) in [5.41, 5.74) is 4.83. The molecular weight excluding hydrogens is 380 g/mol. The molecule has 1 saturated heterocycles. The number of ether oxygens (including phenoxy) is 2. The Hall–Kier alpha value is -2.96. The van der Waals surface area contributed by atoms with Crippen molar-refractivity contribution in [1.29, 1.82) is 0 Å². The summed E-state index contributed by atoms with van der Waals surface area (Å²) in [6, 6.07) is 5.87. The van der Waals surface area contributed by atoms with Crippen molar-refractivity contribution in [3.05, 3.63) is 39.9 Å². The summed E-state index contributed by atoms with van der Waals surface area (Å²) in [6.07, 6.45) is 3.45. The van der Waals surface area contributed by atoms with Crippen LogP contribution in [-0.4, -0.2) is 40.9 Å². The standard InChI is InChI=1S/C23H30N4O3/c1-5-29-18-11-10-17(14-19(18)30-6-2)20-15(3)25-27-22(20)24-16(4)21(23(27)28)26-12-8-7-9-13-26/h10-11,14,25H,5-9,12-13H2,1-4H3. The highest BCUT2D eigenvalue weighted by molar-refractivity contribution is 5.81. The molecule has 2 aromatic heterocycles. The van der Waals surface area contributed by atoms with Gasteiger partial charge in [0.2, 0.25) is 0 Å². The van der Waals surface area contributed by atoms with E-state index in [2.05, 4.69) is 10.00 Å². The lowest BCUT2D eigenvalue weighted by molar-refractivity contribution is 0.288. The van der Waals surface area contributed by atoms with Gasteiger partial charge in [0, 0.05) is 24.3 Å². The number of piperidine rings is 1. The Kier molecular flexibility index (Phi) is 5.70. The highest BCUT2D eigenvalue weighted by Gasteiger charge is 2.23. The highest BCUT2D eigenvalue weighted by Crippen LogP contribution is 2.35. The SMILES string of the molecule is CCOc1ccc(-c2c(C)[nH]n3c(=O)c(N4CCCCC4)c(C)nc23)cc1OCC. The van der Waals surface area contributed by atoms with Gasteiger partial charge in [-0.1, -0.05) is 6.07 Å². The Bertz CT molecular complexity index is 1110. The molecule has 1 aliphatic rings. The third kappa shape index (κ3) is 3.53. The van der Waals surface area contributed by atoms with Gasteiger partial charge in [-0.3, -0.25) is 9.89 Å². The van der Waals surface area contributed by atoms with Crippen molar-refractivity contribution in [1.82, 2.24) is 14.6 Å². The first kappa shape index (κ1) is 20.3. The van der Waals surface area contributed by atoms with Gasteiger partial charge in [0.1, 0.15) is 5.69 Å².